The van der Waals surface area contributed by atoms with Crippen LogP contribution in [0.1, 0.15) is 24.1 Å². The average Bonchev–Trinajstić information content (AvgIpc) is 2.69. The lowest BCUT2D eigenvalue weighted by Crippen LogP contribution is -2.13. The highest BCUT2D eigenvalue weighted by atomic mass is 32.2. The van der Waals surface area contributed by atoms with Crippen molar-refractivity contribution in [2.75, 3.05) is 17.2 Å². The zero-order valence-corrected chi connectivity index (χ0v) is 16.2. The smallest absolute Gasteiger partial charge is 0.244 e. The maximum Gasteiger partial charge on any atom is 0.244 e. The van der Waals surface area contributed by atoms with Gasteiger partial charge in [-0.1, -0.05) is 42.5 Å². The van der Waals surface area contributed by atoms with E-state index in [4.69, 9.17) is 5.14 Å². The maximum atomic E-state index is 11.3. The van der Waals surface area contributed by atoms with Gasteiger partial charge in [0.25, 0.3) is 0 Å². The van der Waals surface area contributed by atoms with Crippen LogP contribution < -0.4 is 15.8 Å². The molecule has 0 fully saturated rings. The van der Waals surface area contributed by atoms with Gasteiger partial charge in [0.15, 0.2) is 5.82 Å². The Labute approximate surface area is 164 Å². The van der Waals surface area contributed by atoms with Gasteiger partial charge < -0.3 is 10.6 Å². The molecule has 3 rings (SSSR count). The van der Waals surface area contributed by atoms with Crippen LogP contribution in [0.5, 0.6) is 0 Å². The van der Waals surface area contributed by atoms with Crippen molar-refractivity contribution in [2.45, 2.75) is 24.3 Å². The van der Waals surface area contributed by atoms with E-state index in [9.17, 15) is 8.42 Å². The number of hydrogen-bond donors (Lipinski definition) is 3. The summed E-state index contributed by atoms with van der Waals surface area (Å²) in [6.45, 7) is 2.63. The lowest BCUT2D eigenvalue weighted by molar-refractivity contribution is 0.598. The van der Waals surface area contributed by atoms with Gasteiger partial charge in [0, 0.05) is 12.6 Å². The fourth-order valence-corrected chi connectivity index (χ4v) is 3.17. The summed E-state index contributed by atoms with van der Waals surface area (Å²) in [5.41, 5.74) is 2.12. The first-order valence-electron chi connectivity index (χ1n) is 8.78. The number of nitrogens with zero attached hydrogens (tertiary/aromatic N) is 3. The molecule has 0 aliphatic heterocycles. The second kappa shape index (κ2) is 8.77. The third-order valence-electron chi connectivity index (χ3n) is 4.17. The van der Waals surface area contributed by atoms with Gasteiger partial charge in [-0.2, -0.15) is 10.1 Å². The maximum absolute atomic E-state index is 11.3. The summed E-state index contributed by atoms with van der Waals surface area (Å²) < 4.78 is 22.6. The zero-order valence-electron chi connectivity index (χ0n) is 15.4. The van der Waals surface area contributed by atoms with E-state index in [0.717, 1.165) is 11.1 Å². The van der Waals surface area contributed by atoms with Gasteiger partial charge in [0.05, 0.1) is 11.1 Å². The van der Waals surface area contributed by atoms with Crippen LogP contribution >= 0.6 is 0 Å². The summed E-state index contributed by atoms with van der Waals surface area (Å²) in [5.74, 6) is 1.05. The van der Waals surface area contributed by atoms with E-state index in [1.54, 1.807) is 18.3 Å². The van der Waals surface area contributed by atoms with Crippen LogP contribution in [0.4, 0.5) is 11.8 Å². The van der Waals surface area contributed by atoms with Crippen LogP contribution in [0.3, 0.4) is 0 Å². The number of primary sulfonamides is 1. The van der Waals surface area contributed by atoms with Gasteiger partial charge in [-0.3, -0.25) is 0 Å². The molecule has 0 aliphatic rings. The Morgan fingerprint density at radius 2 is 1.79 bits per heavy atom. The van der Waals surface area contributed by atoms with Crippen LogP contribution in [0.25, 0.3) is 0 Å². The molecule has 0 saturated carbocycles. The second-order valence-electron chi connectivity index (χ2n) is 6.31. The molecule has 4 N–H and O–H groups in total. The summed E-state index contributed by atoms with van der Waals surface area (Å²) in [6, 6.07) is 16.6. The van der Waals surface area contributed by atoms with Gasteiger partial charge in [0.2, 0.25) is 16.0 Å². The predicted molar refractivity (Wildman–Crippen MR) is 108 cm³/mol. The van der Waals surface area contributed by atoms with Crippen LogP contribution in [-0.2, 0) is 16.4 Å². The molecule has 3 aromatic rings. The van der Waals surface area contributed by atoms with Crippen LogP contribution in [0.2, 0.25) is 0 Å². The molecule has 1 atom stereocenters. The minimum absolute atomic E-state index is 0.0862. The highest BCUT2D eigenvalue weighted by Crippen LogP contribution is 2.17. The standard InChI is InChI=1S/C19H22N6O2S/c1-14(16-5-3-2-4-6-16)23-18-13-22-25-19(24-18)21-12-11-15-7-9-17(10-8-15)28(20,26)27/h2-10,13-14H,11-12H2,1H3,(H2,20,26,27)(H2,21,23,24,25). The largest absolute Gasteiger partial charge is 0.362 e. The molecule has 0 amide bonds. The topological polar surface area (TPSA) is 123 Å². The summed E-state index contributed by atoms with van der Waals surface area (Å²) in [7, 11) is -3.67. The molecule has 0 saturated heterocycles. The molecule has 0 aliphatic carbocycles. The van der Waals surface area contributed by atoms with E-state index in [-0.39, 0.29) is 10.9 Å². The van der Waals surface area contributed by atoms with Crippen molar-refractivity contribution in [2.24, 2.45) is 5.14 Å². The Morgan fingerprint density at radius 3 is 2.46 bits per heavy atom. The highest BCUT2D eigenvalue weighted by molar-refractivity contribution is 7.89. The Kier molecular flexibility index (Phi) is 6.17. The van der Waals surface area contributed by atoms with Crippen molar-refractivity contribution < 1.29 is 8.42 Å². The third-order valence-corrected chi connectivity index (χ3v) is 5.10. The van der Waals surface area contributed by atoms with Gasteiger partial charge in [-0.15, -0.1) is 5.10 Å². The van der Waals surface area contributed by atoms with Crippen LogP contribution in [0, 0.1) is 0 Å². The number of aromatic nitrogens is 3. The van der Waals surface area contributed by atoms with E-state index in [1.807, 2.05) is 30.3 Å². The highest BCUT2D eigenvalue weighted by Gasteiger charge is 2.08. The number of hydrogen-bond acceptors (Lipinski definition) is 7. The van der Waals surface area contributed by atoms with Crippen LogP contribution in [-0.4, -0.2) is 30.1 Å². The summed E-state index contributed by atoms with van der Waals surface area (Å²) >= 11 is 0. The quantitative estimate of drug-likeness (QED) is 0.532. The van der Waals surface area contributed by atoms with Gasteiger partial charge in [0.1, 0.15) is 0 Å². The van der Waals surface area contributed by atoms with E-state index in [0.29, 0.717) is 24.7 Å². The van der Waals surface area contributed by atoms with Crippen molar-refractivity contribution in [1.82, 2.24) is 15.2 Å². The molecule has 1 unspecified atom stereocenters. The second-order valence-corrected chi connectivity index (χ2v) is 7.87. The molecule has 9 heteroatoms. The van der Waals surface area contributed by atoms with E-state index in [1.165, 1.54) is 12.1 Å². The molecule has 1 aromatic heterocycles. The summed E-state index contributed by atoms with van der Waals surface area (Å²) in [4.78, 5) is 4.52. The molecule has 0 spiro atoms. The van der Waals surface area contributed by atoms with Crippen molar-refractivity contribution >= 4 is 21.8 Å². The van der Waals surface area contributed by atoms with Crippen molar-refractivity contribution in [3.8, 4) is 0 Å². The van der Waals surface area contributed by atoms with Crippen LogP contribution in [0.15, 0.2) is 65.7 Å². The minimum Gasteiger partial charge on any atom is -0.362 e. The fourth-order valence-electron chi connectivity index (χ4n) is 2.66. The van der Waals surface area contributed by atoms with Crippen molar-refractivity contribution in [1.29, 1.82) is 0 Å². The molecular weight excluding hydrogens is 376 g/mol. The molecule has 1 heterocycles. The Balaban J connectivity index is 1.55. The normalized spacial score (nSPS) is 12.4. The molecule has 8 nitrogen and oxygen atoms in total. The average molecular weight is 398 g/mol. The minimum atomic E-state index is -3.67. The lowest BCUT2D eigenvalue weighted by Gasteiger charge is -2.15. The molecule has 146 valence electrons. The van der Waals surface area contributed by atoms with Gasteiger partial charge in [-0.25, -0.2) is 13.6 Å². The number of benzene rings is 2. The van der Waals surface area contributed by atoms with E-state index in [2.05, 4.69) is 32.7 Å². The monoisotopic (exact) mass is 398 g/mol. The van der Waals surface area contributed by atoms with E-state index < -0.39 is 10.0 Å². The van der Waals surface area contributed by atoms with Gasteiger partial charge >= 0.3 is 0 Å². The van der Waals surface area contributed by atoms with Crippen molar-refractivity contribution in [3.05, 3.63) is 71.9 Å². The lowest BCUT2D eigenvalue weighted by atomic mass is 10.1. The third kappa shape index (κ3) is 5.48. The first-order chi connectivity index (χ1) is 13.4. The number of sulfonamides is 1. The first-order valence-corrected chi connectivity index (χ1v) is 10.3. The first kappa shape index (κ1) is 19.7. The molecule has 0 radical (unpaired) electrons. The number of nitrogens with two attached hydrogens (primary N) is 1. The van der Waals surface area contributed by atoms with E-state index >= 15 is 0 Å². The summed E-state index contributed by atoms with van der Waals surface area (Å²) in [6.07, 6.45) is 2.25. The number of nitrogens with one attached hydrogen (secondary N) is 2. The molecular formula is C19H22N6O2S. The summed E-state index contributed by atoms with van der Waals surface area (Å²) in [5, 5.41) is 19.5. The SMILES string of the molecule is CC(Nc1cnnc(NCCc2ccc(S(N)(=O)=O)cc2)n1)c1ccccc1. The Morgan fingerprint density at radius 1 is 1.07 bits per heavy atom. The predicted octanol–water partition coefficient (Wildman–Crippen LogP) is 2.35. The van der Waals surface area contributed by atoms with Gasteiger partial charge in [-0.05, 0) is 36.6 Å². The molecule has 0 bridgehead atoms. The van der Waals surface area contributed by atoms with Crippen molar-refractivity contribution in [3.63, 3.8) is 0 Å². The molecule has 2 aromatic carbocycles. The fraction of sp³-hybridized carbons (Fsp3) is 0.211. The Bertz CT molecular complexity index is 1010. The molecule has 28 heavy (non-hydrogen) atoms. The Hall–Kier alpha value is -3.04. The zero-order chi connectivity index (χ0) is 20.0. The number of anilines is 2. The number of rotatable bonds is 8.